The maximum atomic E-state index is 14.3. The van der Waals surface area contributed by atoms with Crippen molar-refractivity contribution in [1.29, 1.82) is 0 Å². The molecule has 0 unspecified atom stereocenters. The monoisotopic (exact) mass is 420 g/mol. The van der Waals surface area contributed by atoms with Crippen LogP contribution in [0.1, 0.15) is 39.6 Å². The Morgan fingerprint density at radius 3 is 2.70 bits per heavy atom. The molecule has 2 aromatic heterocycles. The second-order valence-corrected chi connectivity index (χ2v) is 7.41. The predicted molar refractivity (Wildman–Crippen MR) is 95.2 cm³/mol. The quantitative estimate of drug-likeness (QED) is 0.636. The van der Waals surface area contributed by atoms with Gasteiger partial charge in [0, 0.05) is 23.7 Å². The van der Waals surface area contributed by atoms with Gasteiger partial charge in [0.1, 0.15) is 17.3 Å². The number of anilines is 1. The molecule has 3 aromatic rings. The van der Waals surface area contributed by atoms with E-state index in [1.807, 2.05) is 0 Å². The van der Waals surface area contributed by atoms with Gasteiger partial charge in [-0.1, -0.05) is 0 Å². The minimum absolute atomic E-state index is 0.000127. The Hall–Kier alpha value is -3.30. The van der Waals surface area contributed by atoms with Crippen LogP contribution >= 0.6 is 0 Å². The lowest BCUT2D eigenvalue weighted by Crippen LogP contribution is -2.17. The summed E-state index contributed by atoms with van der Waals surface area (Å²) in [6.07, 6.45) is -2.17. The van der Waals surface area contributed by atoms with Gasteiger partial charge in [0.05, 0.1) is 11.3 Å². The highest BCUT2D eigenvalue weighted by Gasteiger charge is 2.50. The number of amides is 1. The van der Waals surface area contributed by atoms with E-state index in [4.69, 9.17) is 0 Å². The van der Waals surface area contributed by atoms with Crippen molar-refractivity contribution in [3.05, 3.63) is 70.7 Å². The van der Waals surface area contributed by atoms with Crippen molar-refractivity contribution in [2.24, 2.45) is 5.92 Å². The Labute approximate surface area is 166 Å². The number of rotatable bonds is 3. The third kappa shape index (κ3) is 3.03. The second-order valence-electron chi connectivity index (χ2n) is 7.41. The molecule has 0 aliphatic heterocycles. The third-order valence-corrected chi connectivity index (χ3v) is 5.45. The molecule has 10 heteroatoms. The summed E-state index contributed by atoms with van der Waals surface area (Å²) in [7, 11) is 0. The van der Waals surface area contributed by atoms with Crippen LogP contribution in [0, 0.1) is 17.6 Å². The van der Waals surface area contributed by atoms with Crippen molar-refractivity contribution < 1.29 is 26.7 Å². The third-order valence-electron chi connectivity index (χ3n) is 5.45. The van der Waals surface area contributed by atoms with Crippen LogP contribution in [-0.2, 0) is 12.6 Å². The van der Waals surface area contributed by atoms with E-state index in [1.165, 1.54) is 10.7 Å². The van der Waals surface area contributed by atoms with E-state index < -0.39 is 29.3 Å². The van der Waals surface area contributed by atoms with Crippen LogP contribution in [0.5, 0.6) is 0 Å². The van der Waals surface area contributed by atoms with E-state index in [9.17, 15) is 26.7 Å². The van der Waals surface area contributed by atoms with E-state index in [1.54, 1.807) is 0 Å². The van der Waals surface area contributed by atoms with E-state index in [0.717, 1.165) is 36.9 Å². The standard InChI is InChI=1S/C20H13F5N4O/c21-11-1-2-15(14(22)8-11)29-18-12-5-9(12)6-13(18)17(28-29)19(30)27-16-7-10(3-4-26-16)20(23,24)25/h1-4,7-9,12H,5-6H2,(H,26,27,30)/t9-,12-/m1/s1. The van der Waals surface area contributed by atoms with Gasteiger partial charge in [-0.2, -0.15) is 18.3 Å². The highest BCUT2D eigenvalue weighted by atomic mass is 19.4. The SMILES string of the molecule is O=C(Nc1cc(C(F)(F)F)ccn1)c1nn(-c2ccc(F)cc2F)c2c1C[C@H]1C[C@@H]21. The number of halogens is 5. The van der Waals surface area contributed by atoms with Gasteiger partial charge in [-0.25, -0.2) is 18.4 Å². The number of benzene rings is 1. The molecule has 30 heavy (non-hydrogen) atoms. The van der Waals surface area contributed by atoms with Crippen molar-refractivity contribution in [3.63, 3.8) is 0 Å². The van der Waals surface area contributed by atoms with Crippen LogP contribution in [0.3, 0.4) is 0 Å². The number of carbonyl (C=O) groups excluding carboxylic acids is 1. The molecule has 1 saturated carbocycles. The highest BCUT2D eigenvalue weighted by molar-refractivity contribution is 6.03. The first-order valence-corrected chi connectivity index (χ1v) is 9.14. The van der Waals surface area contributed by atoms with Gasteiger partial charge in [0.2, 0.25) is 0 Å². The summed E-state index contributed by atoms with van der Waals surface area (Å²) in [6, 6.07) is 4.59. The van der Waals surface area contributed by atoms with Gasteiger partial charge in [-0.15, -0.1) is 0 Å². The zero-order valence-electron chi connectivity index (χ0n) is 15.2. The fraction of sp³-hybridized carbons (Fsp3) is 0.250. The Bertz CT molecular complexity index is 1190. The molecule has 0 spiro atoms. The largest absolute Gasteiger partial charge is 0.416 e. The number of hydrogen-bond acceptors (Lipinski definition) is 3. The van der Waals surface area contributed by atoms with E-state index in [0.29, 0.717) is 23.6 Å². The number of nitrogens with one attached hydrogen (secondary N) is 1. The summed E-state index contributed by atoms with van der Waals surface area (Å²) < 4.78 is 67.6. The van der Waals surface area contributed by atoms with Crippen LogP contribution in [0.25, 0.3) is 5.69 Å². The van der Waals surface area contributed by atoms with Crippen molar-refractivity contribution in [1.82, 2.24) is 14.8 Å². The second kappa shape index (κ2) is 6.35. The molecule has 5 nitrogen and oxygen atoms in total. The first-order valence-electron chi connectivity index (χ1n) is 9.14. The number of nitrogens with zero attached hydrogens (tertiary/aromatic N) is 3. The molecular weight excluding hydrogens is 407 g/mol. The summed E-state index contributed by atoms with van der Waals surface area (Å²) in [4.78, 5) is 16.5. The first kappa shape index (κ1) is 18.7. The van der Waals surface area contributed by atoms with Gasteiger partial charge in [-0.3, -0.25) is 4.79 Å². The number of pyridine rings is 1. The van der Waals surface area contributed by atoms with Gasteiger partial charge < -0.3 is 5.32 Å². The summed E-state index contributed by atoms with van der Waals surface area (Å²) in [6.45, 7) is 0. The van der Waals surface area contributed by atoms with Crippen LogP contribution < -0.4 is 5.32 Å². The summed E-state index contributed by atoms with van der Waals surface area (Å²) >= 11 is 0. The lowest BCUT2D eigenvalue weighted by molar-refractivity contribution is -0.137. The van der Waals surface area contributed by atoms with Crippen LogP contribution in [0.2, 0.25) is 0 Å². The molecule has 2 atom stereocenters. The molecule has 2 heterocycles. The molecular formula is C20H13F5N4O. The minimum atomic E-state index is -4.58. The molecule has 2 aliphatic rings. The average molecular weight is 420 g/mol. The summed E-state index contributed by atoms with van der Waals surface area (Å²) in [5, 5.41) is 6.57. The molecule has 5 rings (SSSR count). The Kier molecular flexibility index (Phi) is 3.96. The smallest absolute Gasteiger partial charge is 0.305 e. The van der Waals surface area contributed by atoms with Crippen molar-refractivity contribution in [2.75, 3.05) is 5.32 Å². The molecule has 1 N–H and O–H groups in total. The van der Waals surface area contributed by atoms with Crippen LogP contribution in [0.4, 0.5) is 27.8 Å². The molecule has 0 saturated heterocycles. The van der Waals surface area contributed by atoms with Gasteiger partial charge >= 0.3 is 6.18 Å². The van der Waals surface area contributed by atoms with Crippen molar-refractivity contribution in [3.8, 4) is 5.69 Å². The van der Waals surface area contributed by atoms with Crippen molar-refractivity contribution >= 4 is 11.7 Å². The first-order chi connectivity index (χ1) is 14.2. The summed E-state index contributed by atoms with van der Waals surface area (Å²) in [5.41, 5.74) is 0.381. The number of aromatic nitrogens is 3. The number of carbonyl (C=O) groups is 1. The number of hydrogen-bond donors (Lipinski definition) is 1. The number of fused-ring (bicyclic) bond motifs is 3. The summed E-state index contributed by atoms with van der Waals surface area (Å²) in [5.74, 6) is -2.11. The molecule has 1 amide bonds. The van der Waals surface area contributed by atoms with Gasteiger partial charge in [0.15, 0.2) is 11.5 Å². The topological polar surface area (TPSA) is 59.8 Å². The Balaban J connectivity index is 1.52. The average Bonchev–Trinajstić information content (AvgIpc) is 3.17. The lowest BCUT2D eigenvalue weighted by atomic mass is 10.1. The molecule has 0 bridgehead atoms. The van der Waals surface area contributed by atoms with Gasteiger partial charge in [-0.05, 0) is 43.0 Å². The maximum absolute atomic E-state index is 14.3. The maximum Gasteiger partial charge on any atom is 0.416 e. The number of alkyl halides is 3. The van der Waals surface area contributed by atoms with Crippen molar-refractivity contribution in [2.45, 2.75) is 24.9 Å². The molecule has 2 aliphatic carbocycles. The van der Waals surface area contributed by atoms with Crippen LogP contribution in [0.15, 0.2) is 36.5 Å². The fourth-order valence-corrected chi connectivity index (χ4v) is 3.99. The predicted octanol–water partition coefficient (Wildman–Crippen LogP) is 4.48. The minimum Gasteiger partial charge on any atom is -0.305 e. The van der Waals surface area contributed by atoms with Gasteiger partial charge in [0.25, 0.3) is 5.91 Å². The molecule has 1 aromatic carbocycles. The highest BCUT2D eigenvalue weighted by Crippen LogP contribution is 2.57. The van der Waals surface area contributed by atoms with Crippen LogP contribution in [-0.4, -0.2) is 20.7 Å². The zero-order valence-corrected chi connectivity index (χ0v) is 15.2. The lowest BCUT2D eigenvalue weighted by Gasteiger charge is -2.09. The molecule has 0 radical (unpaired) electrons. The molecule has 1 fully saturated rings. The Morgan fingerprint density at radius 1 is 1.17 bits per heavy atom. The molecule has 154 valence electrons. The van der Waals surface area contributed by atoms with E-state index in [-0.39, 0.29) is 23.1 Å². The zero-order chi connectivity index (χ0) is 21.2. The Morgan fingerprint density at radius 2 is 1.97 bits per heavy atom. The normalized spacial score (nSPS) is 19.4. The van der Waals surface area contributed by atoms with E-state index >= 15 is 0 Å². The van der Waals surface area contributed by atoms with E-state index in [2.05, 4.69) is 15.4 Å². The fourth-order valence-electron chi connectivity index (χ4n) is 3.99.